The van der Waals surface area contributed by atoms with Crippen LogP contribution in [0.1, 0.15) is 47.5 Å². The van der Waals surface area contributed by atoms with Crippen molar-refractivity contribution >= 4 is 0 Å². The minimum atomic E-state index is -0.0469. The SMILES string of the molecule is C=COC(CC)(CC)C(C)(C)C. The van der Waals surface area contributed by atoms with Gasteiger partial charge in [-0.1, -0.05) is 41.2 Å². The zero-order chi connectivity index (χ0) is 9.83. The van der Waals surface area contributed by atoms with E-state index in [1.807, 2.05) is 0 Å². The quantitative estimate of drug-likeness (QED) is 0.584. The van der Waals surface area contributed by atoms with Crippen LogP contribution in [0.2, 0.25) is 0 Å². The number of hydrogen-bond donors (Lipinski definition) is 0. The second-order valence-electron chi connectivity index (χ2n) is 4.24. The lowest BCUT2D eigenvalue weighted by molar-refractivity contribution is -0.0739. The van der Waals surface area contributed by atoms with Gasteiger partial charge in [-0.3, -0.25) is 0 Å². The Hall–Kier alpha value is -0.460. The molecular formula is C11H22O. The highest BCUT2D eigenvalue weighted by atomic mass is 16.5. The van der Waals surface area contributed by atoms with Gasteiger partial charge in [0.1, 0.15) is 5.60 Å². The Bertz CT molecular complexity index is 138. The highest BCUT2D eigenvalue weighted by molar-refractivity contribution is 4.91. The van der Waals surface area contributed by atoms with Crippen LogP contribution in [-0.4, -0.2) is 5.60 Å². The minimum Gasteiger partial charge on any atom is -0.495 e. The third-order valence-electron chi connectivity index (χ3n) is 2.82. The summed E-state index contributed by atoms with van der Waals surface area (Å²) in [6.45, 7) is 14.6. The standard InChI is InChI=1S/C11H22O/c1-7-11(8-2,12-9-3)10(4,5)6/h9H,3,7-8H2,1-2,4-6H3. The molecule has 0 saturated carbocycles. The summed E-state index contributed by atoms with van der Waals surface area (Å²) in [7, 11) is 0. The van der Waals surface area contributed by atoms with Gasteiger partial charge in [0, 0.05) is 5.41 Å². The maximum atomic E-state index is 5.66. The van der Waals surface area contributed by atoms with Gasteiger partial charge in [0.25, 0.3) is 0 Å². The molecule has 0 aliphatic heterocycles. The highest BCUT2D eigenvalue weighted by Crippen LogP contribution is 2.39. The topological polar surface area (TPSA) is 9.23 Å². The van der Waals surface area contributed by atoms with Crippen LogP contribution in [0.5, 0.6) is 0 Å². The van der Waals surface area contributed by atoms with Gasteiger partial charge in [0.2, 0.25) is 0 Å². The molecule has 0 amide bonds. The molecule has 0 N–H and O–H groups in total. The summed E-state index contributed by atoms with van der Waals surface area (Å²) in [6.07, 6.45) is 3.62. The molecule has 0 fully saturated rings. The smallest absolute Gasteiger partial charge is 0.112 e. The van der Waals surface area contributed by atoms with Crippen LogP contribution in [0.25, 0.3) is 0 Å². The first-order valence-corrected chi connectivity index (χ1v) is 4.72. The summed E-state index contributed by atoms with van der Waals surface area (Å²) in [6, 6.07) is 0. The summed E-state index contributed by atoms with van der Waals surface area (Å²) >= 11 is 0. The predicted molar refractivity (Wildman–Crippen MR) is 54.1 cm³/mol. The molecular weight excluding hydrogens is 148 g/mol. The van der Waals surface area contributed by atoms with Crippen molar-refractivity contribution in [2.24, 2.45) is 5.41 Å². The average Bonchev–Trinajstić information content (AvgIpc) is 1.98. The number of ether oxygens (including phenoxy) is 1. The van der Waals surface area contributed by atoms with Crippen LogP contribution in [0.15, 0.2) is 12.8 Å². The summed E-state index contributed by atoms with van der Waals surface area (Å²) in [5, 5.41) is 0. The lowest BCUT2D eigenvalue weighted by atomic mass is 9.73. The summed E-state index contributed by atoms with van der Waals surface area (Å²) in [5.41, 5.74) is 0.124. The second-order valence-corrected chi connectivity index (χ2v) is 4.24. The van der Waals surface area contributed by atoms with E-state index in [0.717, 1.165) is 12.8 Å². The fourth-order valence-electron chi connectivity index (χ4n) is 1.81. The van der Waals surface area contributed by atoms with Crippen molar-refractivity contribution in [2.45, 2.75) is 53.1 Å². The predicted octanol–water partition coefficient (Wildman–Crippen LogP) is 3.75. The van der Waals surface area contributed by atoms with E-state index >= 15 is 0 Å². The molecule has 0 aliphatic carbocycles. The Kier molecular flexibility index (Phi) is 3.82. The van der Waals surface area contributed by atoms with Crippen molar-refractivity contribution in [1.29, 1.82) is 0 Å². The molecule has 0 aliphatic rings. The number of hydrogen-bond acceptors (Lipinski definition) is 1. The zero-order valence-corrected chi connectivity index (χ0v) is 9.11. The van der Waals surface area contributed by atoms with Crippen LogP contribution in [-0.2, 0) is 4.74 Å². The Morgan fingerprint density at radius 3 is 1.67 bits per heavy atom. The molecule has 0 heterocycles. The van der Waals surface area contributed by atoms with Crippen LogP contribution >= 0.6 is 0 Å². The molecule has 0 rings (SSSR count). The van der Waals surface area contributed by atoms with Gasteiger partial charge < -0.3 is 4.74 Å². The van der Waals surface area contributed by atoms with Crippen molar-refractivity contribution < 1.29 is 4.74 Å². The van der Waals surface area contributed by atoms with Crippen LogP contribution in [0, 0.1) is 5.41 Å². The normalized spacial score (nSPS) is 12.8. The van der Waals surface area contributed by atoms with Gasteiger partial charge in [-0.25, -0.2) is 0 Å². The summed E-state index contributed by atoms with van der Waals surface area (Å²) in [4.78, 5) is 0. The van der Waals surface area contributed by atoms with Gasteiger partial charge in [-0.05, 0) is 12.8 Å². The molecule has 0 bridgehead atoms. The second kappa shape index (κ2) is 3.97. The van der Waals surface area contributed by atoms with E-state index in [0.29, 0.717) is 0 Å². The fourth-order valence-corrected chi connectivity index (χ4v) is 1.81. The van der Waals surface area contributed by atoms with E-state index in [1.54, 1.807) is 6.26 Å². The molecule has 0 aromatic carbocycles. The third kappa shape index (κ3) is 2.02. The van der Waals surface area contributed by atoms with Crippen molar-refractivity contribution in [3.8, 4) is 0 Å². The van der Waals surface area contributed by atoms with Crippen LogP contribution in [0.3, 0.4) is 0 Å². The van der Waals surface area contributed by atoms with Gasteiger partial charge in [0.15, 0.2) is 0 Å². The Morgan fingerprint density at radius 1 is 1.17 bits per heavy atom. The first-order valence-electron chi connectivity index (χ1n) is 4.72. The van der Waals surface area contributed by atoms with Crippen LogP contribution in [0.4, 0.5) is 0 Å². The summed E-state index contributed by atoms with van der Waals surface area (Å²) < 4.78 is 5.66. The van der Waals surface area contributed by atoms with Crippen LogP contribution < -0.4 is 0 Å². The fraction of sp³-hybridized carbons (Fsp3) is 0.818. The van der Waals surface area contributed by atoms with Crippen molar-refractivity contribution in [3.63, 3.8) is 0 Å². The molecule has 0 aromatic rings. The van der Waals surface area contributed by atoms with Gasteiger partial charge >= 0.3 is 0 Å². The van der Waals surface area contributed by atoms with E-state index in [-0.39, 0.29) is 11.0 Å². The Morgan fingerprint density at radius 2 is 1.58 bits per heavy atom. The molecule has 1 heteroatoms. The van der Waals surface area contributed by atoms with Crippen molar-refractivity contribution in [3.05, 3.63) is 12.8 Å². The number of rotatable bonds is 4. The molecule has 72 valence electrons. The lowest BCUT2D eigenvalue weighted by Gasteiger charge is -2.42. The maximum absolute atomic E-state index is 5.66. The molecule has 1 nitrogen and oxygen atoms in total. The first-order chi connectivity index (χ1) is 5.43. The molecule has 0 radical (unpaired) electrons. The third-order valence-corrected chi connectivity index (χ3v) is 2.82. The van der Waals surface area contributed by atoms with Gasteiger partial charge in [-0.2, -0.15) is 0 Å². The Balaban J connectivity index is 4.68. The first kappa shape index (κ1) is 11.5. The van der Waals surface area contributed by atoms with Gasteiger partial charge in [0.05, 0.1) is 6.26 Å². The summed E-state index contributed by atoms with van der Waals surface area (Å²) in [5.74, 6) is 0. The highest BCUT2D eigenvalue weighted by Gasteiger charge is 2.39. The molecule has 0 unspecified atom stereocenters. The molecule has 0 atom stereocenters. The Labute approximate surface area is 76.8 Å². The molecule has 0 aromatic heterocycles. The van der Waals surface area contributed by atoms with Crippen molar-refractivity contribution in [2.75, 3.05) is 0 Å². The van der Waals surface area contributed by atoms with Gasteiger partial charge in [-0.15, -0.1) is 0 Å². The zero-order valence-electron chi connectivity index (χ0n) is 9.11. The largest absolute Gasteiger partial charge is 0.495 e. The lowest BCUT2D eigenvalue weighted by Crippen LogP contribution is -2.43. The van der Waals surface area contributed by atoms with E-state index in [1.165, 1.54) is 0 Å². The van der Waals surface area contributed by atoms with Crippen molar-refractivity contribution in [1.82, 2.24) is 0 Å². The molecule has 0 saturated heterocycles. The molecule has 0 spiro atoms. The average molecular weight is 170 g/mol. The minimum absolute atomic E-state index is 0.0469. The molecule has 12 heavy (non-hydrogen) atoms. The maximum Gasteiger partial charge on any atom is 0.112 e. The van der Waals surface area contributed by atoms with E-state index in [9.17, 15) is 0 Å². The van der Waals surface area contributed by atoms with E-state index in [4.69, 9.17) is 4.74 Å². The monoisotopic (exact) mass is 170 g/mol. The van der Waals surface area contributed by atoms with E-state index in [2.05, 4.69) is 41.2 Å². The van der Waals surface area contributed by atoms with E-state index < -0.39 is 0 Å².